The largest absolute Gasteiger partial charge is 0.416 e. The van der Waals surface area contributed by atoms with Crippen molar-refractivity contribution in [1.29, 1.82) is 0 Å². The van der Waals surface area contributed by atoms with Crippen molar-refractivity contribution >= 4 is 0 Å². The van der Waals surface area contributed by atoms with Crippen LogP contribution in [0.15, 0.2) is 36.7 Å². The molecule has 0 aliphatic rings. The first-order chi connectivity index (χ1) is 8.99. The van der Waals surface area contributed by atoms with Gasteiger partial charge < -0.3 is 5.73 Å². The lowest BCUT2D eigenvalue weighted by molar-refractivity contribution is -0.137. The van der Waals surface area contributed by atoms with Gasteiger partial charge in [0.25, 0.3) is 0 Å². The molecule has 0 bridgehead atoms. The van der Waals surface area contributed by atoms with Crippen LogP contribution in [-0.2, 0) is 19.1 Å². The molecule has 2 N–H and O–H groups in total. The molecule has 0 aliphatic carbocycles. The number of alkyl halides is 3. The number of hydrogen-bond donors (Lipinski definition) is 1. The van der Waals surface area contributed by atoms with Crippen molar-refractivity contribution < 1.29 is 13.2 Å². The maximum absolute atomic E-state index is 12.6. The normalized spacial score (nSPS) is 11.6. The lowest BCUT2D eigenvalue weighted by Gasteiger charge is -2.08. The van der Waals surface area contributed by atoms with E-state index in [1.807, 2.05) is 0 Å². The van der Waals surface area contributed by atoms with Crippen LogP contribution in [0.2, 0.25) is 0 Å². The molecule has 1 aromatic carbocycles. The molecule has 0 atom stereocenters. The van der Waals surface area contributed by atoms with Gasteiger partial charge in [0.15, 0.2) is 0 Å². The van der Waals surface area contributed by atoms with Gasteiger partial charge in [0.1, 0.15) is 5.82 Å². The Kier molecular flexibility index (Phi) is 3.80. The monoisotopic (exact) mass is 267 g/mol. The van der Waals surface area contributed by atoms with Gasteiger partial charge >= 0.3 is 6.18 Å². The third-order valence-corrected chi connectivity index (χ3v) is 2.61. The third kappa shape index (κ3) is 3.51. The van der Waals surface area contributed by atoms with E-state index in [-0.39, 0.29) is 6.42 Å². The minimum Gasteiger partial charge on any atom is -0.326 e. The average molecular weight is 267 g/mol. The summed E-state index contributed by atoms with van der Waals surface area (Å²) in [5.41, 5.74) is 6.06. The summed E-state index contributed by atoms with van der Waals surface area (Å²) in [6.07, 6.45) is -0.916. The van der Waals surface area contributed by atoms with Crippen molar-refractivity contribution in [1.82, 2.24) is 9.97 Å². The molecule has 0 spiro atoms. The van der Waals surface area contributed by atoms with E-state index in [2.05, 4.69) is 9.97 Å². The molecular weight excluding hydrogens is 255 g/mol. The zero-order valence-electron chi connectivity index (χ0n) is 9.98. The first kappa shape index (κ1) is 13.5. The van der Waals surface area contributed by atoms with Crippen LogP contribution < -0.4 is 5.73 Å². The number of benzene rings is 1. The van der Waals surface area contributed by atoms with Gasteiger partial charge in [-0.15, -0.1) is 0 Å². The van der Waals surface area contributed by atoms with Crippen LogP contribution in [0.5, 0.6) is 0 Å². The van der Waals surface area contributed by atoms with Crippen molar-refractivity contribution in [2.75, 3.05) is 0 Å². The fourth-order valence-electron chi connectivity index (χ4n) is 1.62. The van der Waals surface area contributed by atoms with Crippen LogP contribution in [-0.4, -0.2) is 9.97 Å². The summed E-state index contributed by atoms with van der Waals surface area (Å²) in [6, 6.07) is 5.16. The molecule has 0 aliphatic heterocycles. The number of rotatable bonds is 3. The Morgan fingerprint density at radius 3 is 2.32 bits per heavy atom. The number of hydrogen-bond acceptors (Lipinski definition) is 3. The Morgan fingerprint density at radius 1 is 1.05 bits per heavy atom. The molecule has 0 saturated carbocycles. The van der Waals surface area contributed by atoms with E-state index in [4.69, 9.17) is 5.73 Å². The van der Waals surface area contributed by atoms with Gasteiger partial charge in [0.05, 0.1) is 5.56 Å². The molecular formula is C13H12F3N3. The van der Waals surface area contributed by atoms with Gasteiger partial charge in [0.2, 0.25) is 0 Å². The first-order valence-corrected chi connectivity index (χ1v) is 5.65. The molecule has 19 heavy (non-hydrogen) atoms. The lowest BCUT2D eigenvalue weighted by atomic mass is 10.1. The maximum atomic E-state index is 12.6. The van der Waals surface area contributed by atoms with Gasteiger partial charge in [0, 0.05) is 30.9 Å². The minimum absolute atomic E-state index is 0.259. The summed E-state index contributed by atoms with van der Waals surface area (Å²) < 4.78 is 37.7. The summed E-state index contributed by atoms with van der Waals surface area (Å²) in [5, 5.41) is 0. The van der Waals surface area contributed by atoms with Gasteiger partial charge in [-0.1, -0.05) is 18.2 Å². The highest BCUT2D eigenvalue weighted by Crippen LogP contribution is 2.29. The highest BCUT2D eigenvalue weighted by atomic mass is 19.4. The Labute approximate surface area is 108 Å². The summed E-state index contributed by atoms with van der Waals surface area (Å²) in [7, 11) is 0. The topological polar surface area (TPSA) is 51.8 Å². The van der Waals surface area contributed by atoms with E-state index in [1.54, 1.807) is 18.5 Å². The summed E-state index contributed by atoms with van der Waals surface area (Å²) in [4.78, 5) is 8.13. The highest BCUT2D eigenvalue weighted by molar-refractivity contribution is 5.27. The number of nitrogens with two attached hydrogens (primary N) is 1. The first-order valence-electron chi connectivity index (χ1n) is 5.65. The Hall–Kier alpha value is -1.95. The van der Waals surface area contributed by atoms with Crippen LogP contribution in [0, 0.1) is 0 Å². The molecule has 6 heteroatoms. The van der Waals surface area contributed by atoms with Gasteiger partial charge in [-0.2, -0.15) is 13.2 Å². The molecule has 1 aromatic heterocycles. The van der Waals surface area contributed by atoms with Gasteiger partial charge in [-0.3, -0.25) is 0 Å². The predicted octanol–water partition coefficient (Wildman–Crippen LogP) is 2.54. The van der Waals surface area contributed by atoms with Crippen molar-refractivity contribution in [2.24, 2.45) is 5.73 Å². The quantitative estimate of drug-likeness (QED) is 0.929. The SMILES string of the molecule is NCc1cnc(Cc2cccc(C(F)(F)F)c2)nc1. The average Bonchev–Trinajstić information content (AvgIpc) is 2.39. The zero-order valence-corrected chi connectivity index (χ0v) is 9.98. The fraction of sp³-hybridized carbons (Fsp3) is 0.231. The Morgan fingerprint density at radius 2 is 1.74 bits per heavy atom. The third-order valence-electron chi connectivity index (χ3n) is 2.61. The molecule has 0 saturated heterocycles. The van der Waals surface area contributed by atoms with Crippen molar-refractivity contribution in [3.05, 3.63) is 59.2 Å². The molecule has 0 unspecified atom stereocenters. The molecule has 2 rings (SSSR count). The van der Waals surface area contributed by atoms with Gasteiger partial charge in [-0.25, -0.2) is 9.97 Å². The number of nitrogens with zero attached hydrogens (tertiary/aromatic N) is 2. The van der Waals surface area contributed by atoms with E-state index in [9.17, 15) is 13.2 Å². The van der Waals surface area contributed by atoms with E-state index in [1.165, 1.54) is 6.07 Å². The van der Waals surface area contributed by atoms with Crippen molar-refractivity contribution in [3.8, 4) is 0 Å². The highest BCUT2D eigenvalue weighted by Gasteiger charge is 2.30. The second-order valence-corrected chi connectivity index (χ2v) is 4.09. The van der Waals surface area contributed by atoms with E-state index in [0.29, 0.717) is 17.9 Å². The van der Waals surface area contributed by atoms with Crippen LogP contribution in [0.1, 0.15) is 22.5 Å². The summed E-state index contributed by atoms with van der Waals surface area (Å²) in [5.74, 6) is 0.469. The predicted molar refractivity (Wildman–Crippen MR) is 64.2 cm³/mol. The lowest BCUT2D eigenvalue weighted by Crippen LogP contribution is -2.06. The molecule has 100 valence electrons. The van der Waals surface area contributed by atoms with Crippen LogP contribution in [0.4, 0.5) is 13.2 Å². The molecule has 0 amide bonds. The smallest absolute Gasteiger partial charge is 0.326 e. The second-order valence-electron chi connectivity index (χ2n) is 4.09. The van der Waals surface area contributed by atoms with E-state index in [0.717, 1.165) is 17.7 Å². The van der Waals surface area contributed by atoms with Crippen LogP contribution >= 0.6 is 0 Å². The van der Waals surface area contributed by atoms with Crippen molar-refractivity contribution in [2.45, 2.75) is 19.1 Å². The van der Waals surface area contributed by atoms with Gasteiger partial charge in [-0.05, 0) is 11.6 Å². The summed E-state index contributed by atoms with van der Waals surface area (Å²) in [6.45, 7) is 0.337. The molecule has 0 radical (unpaired) electrons. The molecule has 0 fully saturated rings. The minimum atomic E-state index is -4.33. The maximum Gasteiger partial charge on any atom is 0.416 e. The standard InChI is InChI=1S/C13H12F3N3/c14-13(15,16)11-3-1-2-9(4-11)5-12-18-7-10(6-17)8-19-12/h1-4,7-8H,5-6,17H2. The fourth-order valence-corrected chi connectivity index (χ4v) is 1.62. The molecule has 2 aromatic rings. The summed E-state index contributed by atoms with van der Waals surface area (Å²) >= 11 is 0. The van der Waals surface area contributed by atoms with Crippen LogP contribution in [0.25, 0.3) is 0 Å². The van der Waals surface area contributed by atoms with E-state index < -0.39 is 11.7 Å². The Bertz CT molecular complexity index is 550. The van der Waals surface area contributed by atoms with E-state index >= 15 is 0 Å². The molecule has 1 heterocycles. The molecule has 3 nitrogen and oxygen atoms in total. The number of aromatic nitrogens is 2. The zero-order chi connectivity index (χ0) is 13.9. The second kappa shape index (κ2) is 5.36. The van der Waals surface area contributed by atoms with Crippen LogP contribution in [0.3, 0.4) is 0 Å². The van der Waals surface area contributed by atoms with Crippen molar-refractivity contribution in [3.63, 3.8) is 0 Å². The Balaban J connectivity index is 2.18. The number of halogens is 3.